The first kappa shape index (κ1) is 12.1. The maximum atomic E-state index is 12.2. The number of sulfonamides is 1. The number of hydrogen-bond acceptors (Lipinski definition) is 3. The highest BCUT2D eigenvalue weighted by Gasteiger charge is 2.43. The van der Waals surface area contributed by atoms with Crippen molar-refractivity contribution in [2.24, 2.45) is 5.92 Å². The van der Waals surface area contributed by atoms with Gasteiger partial charge in [0.15, 0.2) is 0 Å². The Balaban J connectivity index is 2.59. The van der Waals surface area contributed by atoms with Crippen LogP contribution in [0.25, 0.3) is 0 Å². The fraction of sp³-hybridized carbons (Fsp3) is 0.417. The molecule has 1 aromatic rings. The van der Waals surface area contributed by atoms with Crippen LogP contribution in [-0.2, 0) is 14.8 Å². The number of carbonyl (C=O) groups excluding carboxylic acids is 1. The summed E-state index contributed by atoms with van der Waals surface area (Å²) in [5.41, 5.74) is 0.696. The molecule has 1 aliphatic rings. The predicted molar refractivity (Wildman–Crippen MR) is 63.7 cm³/mol. The van der Waals surface area contributed by atoms with Crippen molar-refractivity contribution in [3.05, 3.63) is 29.8 Å². The SMILES string of the molecule is CC(C)C(=O)N1C(C)c2ccccc2S1(=O)=O. The van der Waals surface area contributed by atoms with Crippen molar-refractivity contribution in [1.29, 1.82) is 0 Å². The Hall–Kier alpha value is -1.36. The van der Waals surface area contributed by atoms with E-state index in [0.29, 0.717) is 5.56 Å². The summed E-state index contributed by atoms with van der Waals surface area (Å²) in [5, 5.41) is 0. The molecule has 0 bridgehead atoms. The van der Waals surface area contributed by atoms with Crippen molar-refractivity contribution >= 4 is 15.9 Å². The van der Waals surface area contributed by atoms with Gasteiger partial charge < -0.3 is 0 Å². The van der Waals surface area contributed by atoms with Crippen molar-refractivity contribution in [2.45, 2.75) is 31.7 Å². The lowest BCUT2D eigenvalue weighted by Gasteiger charge is -2.22. The molecule has 0 saturated heterocycles. The van der Waals surface area contributed by atoms with Crippen LogP contribution >= 0.6 is 0 Å². The average Bonchev–Trinajstić information content (AvgIpc) is 2.47. The molecule has 92 valence electrons. The van der Waals surface area contributed by atoms with E-state index in [1.807, 2.05) is 0 Å². The molecule has 0 saturated carbocycles. The van der Waals surface area contributed by atoms with Crippen molar-refractivity contribution in [3.8, 4) is 0 Å². The molecule has 1 amide bonds. The van der Waals surface area contributed by atoms with Crippen molar-refractivity contribution in [3.63, 3.8) is 0 Å². The topological polar surface area (TPSA) is 54.5 Å². The zero-order chi connectivity index (χ0) is 12.8. The molecule has 5 heteroatoms. The summed E-state index contributed by atoms with van der Waals surface area (Å²) >= 11 is 0. The molecule has 0 spiro atoms. The highest BCUT2D eigenvalue weighted by atomic mass is 32.2. The average molecular weight is 253 g/mol. The molecular weight excluding hydrogens is 238 g/mol. The van der Waals surface area contributed by atoms with Gasteiger partial charge in [-0.15, -0.1) is 0 Å². The lowest BCUT2D eigenvalue weighted by atomic mass is 10.1. The van der Waals surface area contributed by atoms with E-state index >= 15 is 0 Å². The summed E-state index contributed by atoms with van der Waals surface area (Å²) in [6.45, 7) is 5.14. The van der Waals surface area contributed by atoms with Crippen molar-refractivity contribution in [2.75, 3.05) is 0 Å². The Kier molecular flexibility index (Phi) is 2.73. The van der Waals surface area contributed by atoms with Gasteiger partial charge in [0.05, 0.1) is 10.9 Å². The number of amides is 1. The van der Waals surface area contributed by atoms with Crippen LogP contribution < -0.4 is 0 Å². The molecule has 1 atom stereocenters. The van der Waals surface area contributed by atoms with Crippen LogP contribution in [0.3, 0.4) is 0 Å². The molecule has 1 heterocycles. The Morgan fingerprint density at radius 3 is 2.41 bits per heavy atom. The summed E-state index contributed by atoms with van der Waals surface area (Å²) in [7, 11) is -3.66. The van der Waals surface area contributed by atoms with Gasteiger partial charge in [-0.25, -0.2) is 12.7 Å². The molecule has 4 nitrogen and oxygen atoms in total. The highest BCUT2D eigenvalue weighted by molar-refractivity contribution is 7.90. The minimum atomic E-state index is -3.66. The Labute approximate surface area is 101 Å². The van der Waals surface area contributed by atoms with Gasteiger partial charge in [-0.05, 0) is 18.6 Å². The maximum absolute atomic E-state index is 12.2. The second-order valence-corrected chi connectivity index (χ2v) is 6.29. The number of benzene rings is 1. The fourth-order valence-electron chi connectivity index (χ4n) is 2.06. The molecule has 0 radical (unpaired) electrons. The molecule has 0 N–H and O–H groups in total. The number of carbonyl (C=O) groups is 1. The van der Waals surface area contributed by atoms with E-state index < -0.39 is 16.1 Å². The van der Waals surface area contributed by atoms with Crippen LogP contribution in [0.5, 0.6) is 0 Å². The van der Waals surface area contributed by atoms with E-state index in [-0.39, 0.29) is 16.7 Å². The predicted octanol–water partition coefficient (Wildman–Crippen LogP) is 1.93. The zero-order valence-electron chi connectivity index (χ0n) is 10.0. The number of hydrogen-bond donors (Lipinski definition) is 0. The Morgan fingerprint density at radius 2 is 1.88 bits per heavy atom. The minimum absolute atomic E-state index is 0.251. The largest absolute Gasteiger partial charge is 0.273 e. The van der Waals surface area contributed by atoms with Gasteiger partial charge in [0.2, 0.25) is 5.91 Å². The second-order valence-electron chi connectivity index (χ2n) is 4.51. The van der Waals surface area contributed by atoms with E-state index in [2.05, 4.69) is 0 Å². The van der Waals surface area contributed by atoms with Crippen LogP contribution in [0.15, 0.2) is 29.2 Å². The second kappa shape index (κ2) is 3.84. The third-order valence-corrected chi connectivity index (χ3v) is 4.91. The van der Waals surface area contributed by atoms with Gasteiger partial charge in [-0.2, -0.15) is 0 Å². The first-order valence-electron chi connectivity index (χ1n) is 5.54. The highest BCUT2D eigenvalue weighted by Crippen LogP contribution is 2.39. The summed E-state index contributed by atoms with van der Waals surface area (Å²) < 4.78 is 25.5. The van der Waals surface area contributed by atoms with Gasteiger partial charge >= 0.3 is 0 Å². The van der Waals surface area contributed by atoms with E-state index in [9.17, 15) is 13.2 Å². The van der Waals surface area contributed by atoms with E-state index in [0.717, 1.165) is 4.31 Å². The quantitative estimate of drug-likeness (QED) is 0.768. The van der Waals surface area contributed by atoms with Crippen LogP contribution in [0.1, 0.15) is 32.4 Å². The van der Waals surface area contributed by atoms with Crippen LogP contribution in [0.4, 0.5) is 0 Å². The Morgan fingerprint density at radius 1 is 1.29 bits per heavy atom. The van der Waals surface area contributed by atoms with E-state index in [1.165, 1.54) is 0 Å². The van der Waals surface area contributed by atoms with Gasteiger partial charge in [0, 0.05) is 5.92 Å². The molecule has 0 aliphatic carbocycles. The summed E-state index contributed by atoms with van der Waals surface area (Å²) in [5.74, 6) is -0.685. The van der Waals surface area contributed by atoms with Crippen molar-refractivity contribution < 1.29 is 13.2 Å². The lowest BCUT2D eigenvalue weighted by Crippen LogP contribution is -2.36. The first-order valence-corrected chi connectivity index (χ1v) is 6.98. The van der Waals surface area contributed by atoms with E-state index in [4.69, 9.17) is 0 Å². The van der Waals surface area contributed by atoms with Crippen LogP contribution in [-0.4, -0.2) is 18.6 Å². The molecule has 17 heavy (non-hydrogen) atoms. The molecule has 1 aliphatic heterocycles. The van der Waals surface area contributed by atoms with Crippen LogP contribution in [0.2, 0.25) is 0 Å². The molecule has 0 aromatic heterocycles. The molecule has 1 aromatic carbocycles. The summed E-state index contributed by atoms with van der Waals surface area (Å²) in [6.07, 6.45) is 0. The smallest absolute Gasteiger partial charge is 0.267 e. The Bertz CT molecular complexity index is 563. The monoisotopic (exact) mass is 253 g/mol. The minimum Gasteiger partial charge on any atom is -0.273 e. The zero-order valence-corrected chi connectivity index (χ0v) is 10.9. The van der Waals surface area contributed by atoms with Crippen LogP contribution in [0, 0.1) is 5.92 Å². The fourth-order valence-corrected chi connectivity index (χ4v) is 4.04. The van der Waals surface area contributed by atoms with Gasteiger partial charge in [0.25, 0.3) is 10.0 Å². The normalized spacial score (nSPS) is 21.6. The standard InChI is InChI=1S/C12H15NO3S/c1-8(2)12(14)13-9(3)10-6-4-5-7-11(10)17(13,15)16/h4-9H,1-3H3. The summed E-state index contributed by atoms with van der Waals surface area (Å²) in [4.78, 5) is 12.2. The molecule has 1 unspecified atom stereocenters. The number of rotatable bonds is 1. The third-order valence-electron chi connectivity index (χ3n) is 2.97. The number of nitrogens with zero attached hydrogens (tertiary/aromatic N) is 1. The summed E-state index contributed by atoms with van der Waals surface area (Å²) in [6, 6.07) is 6.35. The lowest BCUT2D eigenvalue weighted by molar-refractivity contribution is -0.130. The molecular formula is C12H15NO3S. The molecule has 2 rings (SSSR count). The van der Waals surface area contributed by atoms with E-state index in [1.54, 1.807) is 45.0 Å². The number of fused-ring (bicyclic) bond motifs is 1. The third kappa shape index (κ3) is 1.65. The van der Waals surface area contributed by atoms with Gasteiger partial charge in [-0.3, -0.25) is 4.79 Å². The van der Waals surface area contributed by atoms with Crippen molar-refractivity contribution in [1.82, 2.24) is 4.31 Å². The van der Waals surface area contributed by atoms with Gasteiger partial charge in [0.1, 0.15) is 0 Å². The molecule has 0 fully saturated rings. The first-order chi connectivity index (χ1) is 7.87. The maximum Gasteiger partial charge on any atom is 0.267 e. The van der Waals surface area contributed by atoms with Gasteiger partial charge in [-0.1, -0.05) is 32.0 Å².